The fourth-order valence-electron chi connectivity index (χ4n) is 2.38. The summed E-state index contributed by atoms with van der Waals surface area (Å²) in [5, 5.41) is 11.6. The van der Waals surface area contributed by atoms with Gasteiger partial charge < -0.3 is 14.6 Å². The summed E-state index contributed by atoms with van der Waals surface area (Å²) in [6.45, 7) is 1.67. The summed E-state index contributed by atoms with van der Waals surface area (Å²) in [4.78, 5) is 0. The number of aryl methyl sites for hydroxylation is 1. The van der Waals surface area contributed by atoms with Gasteiger partial charge in [0.2, 0.25) is 0 Å². The molecule has 0 amide bonds. The van der Waals surface area contributed by atoms with Crippen molar-refractivity contribution >= 4 is 5.69 Å². The van der Waals surface area contributed by atoms with Crippen LogP contribution in [0.2, 0.25) is 0 Å². The maximum absolute atomic E-state index is 5.49. The lowest BCUT2D eigenvalue weighted by Crippen LogP contribution is -2.29. The van der Waals surface area contributed by atoms with Gasteiger partial charge in [-0.1, -0.05) is 12.1 Å². The molecule has 2 aromatic rings. The van der Waals surface area contributed by atoms with E-state index in [1.54, 1.807) is 6.33 Å². The maximum atomic E-state index is 5.49. The Hall–Kier alpha value is -1.88. The molecule has 3 rings (SSSR count). The molecule has 1 fully saturated rings. The van der Waals surface area contributed by atoms with Gasteiger partial charge in [0, 0.05) is 30.9 Å². The fourth-order valence-corrected chi connectivity index (χ4v) is 2.38. The van der Waals surface area contributed by atoms with Gasteiger partial charge in [-0.15, -0.1) is 10.2 Å². The van der Waals surface area contributed by atoms with E-state index in [4.69, 9.17) is 4.74 Å². The summed E-state index contributed by atoms with van der Waals surface area (Å²) in [7, 11) is 1.95. The fraction of sp³-hybridized carbons (Fsp3) is 0.429. The molecule has 0 aliphatic carbocycles. The summed E-state index contributed by atoms with van der Waals surface area (Å²) in [6, 6.07) is 8.68. The summed E-state index contributed by atoms with van der Waals surface area (Å²) in [6.07, 6.45) is 4.00. The van der Waals surface area contributed by atoms with Crippen molar-refractivity contribution in [2.75, 3.05) is 18.5 Å². The van der Waals surface area contributed by atoms with Crippen molar-refractivity contribution < 1.29 is 4.74 Å². The van der Waals surface area contributed by atoms with Crippen molar-refractivity contribution in [3.63, 3.8) is 0 Å². The van der Waals surface area contributed by atoms with Gasteiger partial charge >= 0.3 is 0 Å². The summed E-state index contributed by atoms with van der Waals surface area (Å²) < 4.78 is 7.41. The quantitative estimate of drug-likeness (QED) is 0.915. The average Bonchev–Trinajstić information content (AvgIpc) is 2.86. The van der Waals surface area contributed by atoms with Crippen LogP contribution in [0.15, 0.2) is 30.6 Å². The molecule has 0 saturated carbocycles. The number of nitrogens with one attached hydrogen (secondary N) is 1. The first-order valence-corrected chi connectivity index (χ1v) is 6.61. The van der Waals surface area contributed by atoms with E-state index in [-0.39, 0.29) is 0 Å². The van der Waals surface area contributed by atoms with Crippen molar-refractivity contribution in [2.24, 2.45) is 7.05 Å². The van der Waals surface area contributed by atoms with Crippen molar-refractivity contribution in [3.8, 4) is 11.4 Å². The standard InChI is InChI=1S/C14H18N4O/c1-18-10-15-17-14(18)11-4-2-5-12(8-11)16-13-6-3-7-19-9-13/h2,4-5,8,10,13,16H,3,6-7,9H2,1H3. The topological polar surface area (TPSA) is 52.0 Å². The van der Waals surface area contributed by atoms with Crippen LogP contribution in [0.4, 0.5) is 5.69 Å². The Morgan fingerprint density at radius 3 is 3.11 bits per heavy atom. The lowest BCUT2D eigenvalue weighted by atomic mass is 10.1. The number of rotatable bonds is 3. The monoisotopic (exact) mass is 258 g/mol. The van der Waals surface area contributed by atoms with Gasteiger partial charge in [0.15, 0.2) is 5.82 Å². The minimum Gasteiger partial charge on any atom is -0.380 e. The smallest absolute Gasteiger partial charge is 0.163 e. The normalized spacial score (nSPS) is 19.3. The molecule has 1 N–H and O–H groups in total. The van der Waals surface area contributed by atoms with E-state index in [0.717, 1.165) is 43.1 Å². The summed E-state index contributed by atoms with van der Waals surface area (Å²) >= 11 is 0. The SMILES string of the molecule is Cn1cnnc1-c1cccc(NC2CCCOC2)c1. The lowest BCUT2D eigenvalue weighted by Gasteiger charge is -2.24. The van der Waals surface area contributed by atoms with Crippen LogP contribution in [0.5, 0.6) is 0 Å². The van der Waals surface area contributed by atoms with E-state index in [1.165, 1.54) is 0 Å². The molecular weight excluding hydrogens is 240 g/mol. The molecule has 1 atom stereocenters. The second-order valence-electron chi connectivity index (χ2n) is 4.90. The van der Waals surface area contributed by atoms with E-state index in [9.17, 15) is 0 Å². The van der Waals surface area contributed by atoms with E-state index < -0.39 is 0 Å². The molecule has 1 aliphatic heterocycles. The van der Waals surface area contributed by atoms with Crippen LogP contribution in [0.1, 0.15) is 12.8 Å². The zero-order valence-electron chi connectivity index (χ0n) is 11.0. The van der Waals surface area contributed by atoms with E-state index in [1.807, 2.05) is 23.7 Å². The molecule has 5 heteroatoms. The van der Waals surface area contributed by atoms with Crippen molar-refractivity contribution in [2.45, 2.75) is 18.9 Å². The molecule has 0 spiro atoms. The van der Waals surface area contributed by atoms with Gasteiger partial charge in [0.05, 0.1) is 6.61 Å². The van der Waals surface area contributed by atoms with Crippen molar-refractivity contribution in [1.29, 1.82) is 0 Å². The molecule has 5 nitrogen and oxygen atoms in total. The Balaban J connectivity index is 1.78. The number of hydrogen-bond donors (Lipinski definition) is 1. The minimum atomic E-state index is 0.406. The van der Waals surface area contributed by atoms with Crippen LogP contribution < -0.4 is 5.32 Å². The highest BCUT2D eigenvalue weighted by molar-refractivity contribution is 5.62. The second kappa shape index (κ2) is 5.40. The number of aromatic nitrogens is 3. The Bertz CT molecular complexity index is 546. The Kier molecular flexibility index (Phi) is 3.46. The molecule has 1 aliphatic rings. The largest absolute Gasteiger partial charge is 0.380 e. The Labute approximate surface area is 112 Å². The maximum Gasteiger partial charge on any atom is 0.163 e. The number of benzene rings is 1. The van der Waals surface area contributed by atoms with Crippen LogP contribution in [-0.2, 0) is 11.8 Å². The van der Waals surface area contributed by atoms with E-state index in [2.05, 4.69) is 27.6 Å². The predicted octanol–water partition coefficient (Wildman–Crippen LogP) is 2.07. The highest BCUT2D eigenvalue weighted by Gasteiger charge is 2.14. The second-order valence-corrected chi connectivity index (χ2v) is 4.90. The average molecular weight is 258 g/mol. The van der Waals surface area contributed by atoms with Gasteiger partial charge in [0.25, 0.3) is 0 Å². The molecule has 19 heavy (non-hydrogen) atoms. The van der Waals surface area contributed by atoms with Crippen LogP contribution >= 0.6 is 0 Å². The first-order chi connectivity index (χ1) is 9.33. The van der Waals surface area contributed by atoms with Gasteiger partial charge in [0.1, 0.15) is 6.33 Å². The van der Waals surface area contributed by atoms with Crippen LogP contribution in [0, 0.1) is 0 Å². The van der Waals surface area contributed by atoms with Crippen LogP contribution in [0.25, 0.3) is 11.4 Å². The first-order valence-electron chi connectivity index (χ1n) is 6.61. The number of anilines is 1. The number of ether oxygens (including phenoxy) is 1. The Morgan fingerprint density at radius 2 is 2.37 bits per heavy atom. The molecule has 1 unspecified atom stereocenters. The summed E-state index contributed by atoms with van der Waals surface area (Å²) in [5.41, 5.74) is 2.18. The molecular formula is C14H18N4O. The highest BCUT2D eigenvalue weighted by atomic mass is 16.5. The van der Waals surface area contributed by atoms with Gasteiger partial charge in [-0.3, -0.25) is 0 Å². The molecule has 0 radical (unpaired) electrons. The molecule has 2 heterocycles. The van der Waals surface area contributed by atoms with E-state index >= 15 is 0 Å². The Morgan fingerprint density at radius 1 is 1.42 bits per heavy atom. The zero-order valence-corrected chi connectivity index (χ0v) is 11.0. The van der Waals surface area contributed by atoms with Crippen molar-refractivity contribution in [1.82, 2.24) is 14.8 Å². The van der Waals surface area contributed by atoms with E-state index in [0.29, 0.717) is 6.04 Å². The summed E-state index contributed by atoms with van der Waals surface area (Å²) in [5.74, 6) is 0.878. The predicted molar refractivity (Wildman–Crippen MR) is 73.9 cm³/mol. The number of hydrogen-bond acceptors (Lipinski definition) is 4. The van der Waals surface area contributed by atoms with Crippen LogP contribution in [-0.4, -0.2) is 34.0 Å². The first kappa shape index (κ1) is 12.2. The molecule has 0 bridgehead atoms. The molecule has 1 saturated heterocycles. The van der Waals surface area contributed by atoms with Gasteiger partial charge in [-0.25, -0.2) is 0 Å². The van der Waals surface area contributed by atoms with Crippen molar-refractivity contribution in [3.05, 3.63) is 30.6 Å². The van der Waals surface area contributed by atoms with Gasteiger partial charge in [-0.2, -0.15) is 0 Å². The zero-order chi connectivity index (χ0) is 13.1. The number of nitrogens with zero attached hydrogens (tertiary/aromatic N) is 3. The lowest BCUT2D eigenvalue weighted by molar-refractivity contribution is 0.0876. The van der Waals surface area contributed by atoms with Crippen LogP contribution in [0.3, 0.4) is 0 Å². The molecule has 1 aromatic carbocycles. The third-order valence-electron chi connectivity index (χ3n) is 3.36. The minimum absolute atomic E-state index is 0.406. The van der Waals surface area contributed by atoms with Gasteiger partial charge in [-0.05, 0) is 25.0 Å². The molecule has 100 valence electrons. The third kappa shape index (κ3) is 2.76. The third-order valence-corrected chi connectivity index (χ3v) is 3.36. The molecule has 1 aromatic heterocycles. The highest BCUT2D eigenvalue weighted by Crippen LogP contribution is 2.21.